The number of nitrogens with one attached hydrogen (secondary N) is 2. The molecule has 3 aromatic heterocycles. The molecule has 1 aliphatic rings. The van der Waals surface area contributed by atoms with Crippen LogP contribution in [0.15, 0.2) is 97.3 Å². The average molecular weight is 588 g/mol. The number of aromatic nitrogens is 4. The van der Waals surface area contributed by atoms with Crippen molar-refractivity contribution in [3.8, 4) is 22.6 Å². The van der Waals surface area contributed by atoms with Crippen molar-refractivity contribution in [1.82, 2.24) is 19.4 Å². The molecule has 4 heterocycles. The zero-order chi connectivity index (χ0) is 29.2. The van der Waals surface area contributed by atoms with Gasteiger partial charge in [0.2, 0.25) is 5.95 Å². The van der Waals surface area contributed by atoms with Gasteiger partial charge >= 0.3 is 0 Å². The maximum atomic E-state index is 12.8. The number of carbonyl (C=O) groups excluding carboxylic acids is 1. The number of nitrogens with zero attached hydrogens (tertiary/aromatic N) is 5. The molecule has 1 aliphatic heterocycles. The van der Waals surface area contributed by atoms with Gasteiger partial charge in [0, 0.05) is 58.5 Å². The molecule has 7 rings (SSSR count). The lowest BCUT2D eigenvalue weighted by Crippen LogP contribution is -2.36. The lowest BCUT2D eigenvalue weighted by molar-refractivity contribution is 0.102. The summed E-state index contributed by atoms with van der Waals surface area (Å²) in [6.07, 6.45) is 3.83. The monoisotopic (exact) mass is 587 g/mol. The maximum absolute atomic E-state index is 12.8. The molecule has 0 spiro atoms. The summed E-state index contributed by atoms with van der Waals surface area (Å²) in [5.41, 5.74) is 6.62. The molecule has 1 fully saturated rings. The molecule has 0 saturated carbocycles. The van der Waals surface area contributed by atoms with E-state index in [4.69, 9.17) is 14.7 Å². The number of morpholine rings is 1. The number of ether oxygens (including phenoxy) is 1. The zero-order valence-electron chi connectivity index (χ0n) is 23.5. The predicted molar refractivity (Wildman–Crippen MR) is 171 cm³/mol. The molecular weight excluding hydrogens is 558 g/mol. The topological polar surface area (TPSA) is 96.7 Å². The molecule has 2 N–H and O–H groups in total. The van der Waals surface area contributed by atoms with Crippen LogP contribution in [0, 0.1) is 6.92 Å². The van der Waals surface area contributed by atoms with Gasteiger partial charge in [-0.1, -0.05) is 30.3 Å². The Kier molecular flexibility index (Phi) is 7.28. The summed E-state index contributed by atoms with van der Waals surface area (Å²) in [4.78, 5) is 31.5. The first kappa shape index (κ1) is 26.8. The van der Waals surface area contributed by atoms with Crippen LogP contribution in [0.1, 0.15) is 15.2 Å². The van der Waals surface area contributed by atoms with E-state index in [1.807, 2.05) is 60.7 Å². The highest BCUT2D eigenvalue weighted by molar-refractivity contribution is 7.17. The number of aryl methyl sites for hydroxylation is 1. The normalized spacial score (nSPS) is 13.3. The van der Waals surface area contributed by atoms with Gasteiger partial charge in [0.1, 0.15) is 5.69 Å². The largest absolute Gasteiger partial charge is 0.378 e. The molecule has 0 aliphatic carbocycles. The fraction of sp³-hybridized carbons (Fsp3) is 0.152. The number of benzene rings is 3. The lowest BCUT2D eigenvalue weighted by atomic mass is 10.1. The Hall–Kier alpha value is -5.06. The second-order valence-electron chi connectivity index (χ2n) is 10.2. The van der Waals surface area contributed by atoms with E-state index in [1.165, 1.54) is 5.69 Å². The van der Waals surface area contributed by atoms with Crippen molar-refractivity contribution in [1.29, 1.82) is 0 Å². The van der Waals surface area contributed by atoms with Crippen LogP contribution in [0.25, 0.3) is 27.6 Å². The van der Waals surface area contributed by atoms with Crippen molar-refractivity contribution in [3.05, 3.63) is 108 Å². The van der Waals surface area contributed by atoms with Crippen molar-refractivity contribution >= 4 is 45.2 Å². The number of amides is 1. The van der Waals surface area contributed by atoms with Crippen molar-refractivity contribution in [2.75, 3.05) is 41.8 Å². The minimum Gasteiger partial charge on any atom is -0.378 e. The molecule has 0 bridgehead atoms. The third-order valence-corrected chi connectivity index (χ3v) is 8.17. The first-order valence-electron chi connectivity index (χ1n) is 14.1. The van der Waals surface area contributed by atoms with Gasteiger partial charge in [-0.3, -0.25) is 9.20 Å². The number of thiazole rings is 1. The van der Waals surface area contributed by atoms with Crippen molar-refractivity contribution < 1.29 is 9.53 Å². The number of hydrogen-bond donors (Lipinski definition) is 2. The summed E-state index contributed by atoms with van der Waals surface area (Å²) in [7, 11) is 0. The minimum absolute atomic E-state index is 0.163. The fourth-order valence-electron chi connectivity index (χ4n) is 5.20. The summed E-state index contributed by atoms with van der Waals surface area (Å²) >= 11 is 1.62. The van der Waals surface area contributed by atoms with Gasteiger partial charge in [-0.05, 0) is 61.5 Å². The molecule has 43 heavy (non-hydrogen) atoms. The van der Waals surface area contributed by atoms with E-state index in [0.717, 1.165) is 64.5 Å². The number of fused-ring (bicyclic) bond motifs is 1. The molecule has 6 aromatic rings. The number of hydrogen-bond acceptors (Lipinski definition) is 8. The van der Waals surface area contributed by atoms with E-state index in [9.17, 15) is 4.79 Å². The van der Waals surface area contributed by atoms with E-state index in [0.29, 0.717) is 17.2 Å². The number of anilines is 4. The molecule has 0 radical (unpaired) electrons. The highest BCUT2D eigenvalue weighted by atomic mass is 32.1. The highest BCUT2D eigenvalue weighted by Crippen LogP contribution is 2.36. The van der Waals surface area contributed by atoms with Crippen LogP contribution in [0.4, 0.5) is 23.0 Å². The van der Waals surface area contributed by atoms with Gasteiger partial charge in [0.15, 0.2) is 4.96 Å². The van der Waals surface area contributed by atoms with Crippen LogP contribution >= 0.6 is 11.3 Å². The number of imidazole rings is 1. The van der Waals surface area contributed by atoms with Crippen molar-refractivity contribution in [2.45, 2.75) is 6.92 Å². The highest BCUT2D eigenvalue weighted by Gasteiger charge is 2.20. The summed E-state index contributed by atoms with van der Waals surface area (Å²) in [6.45, 7) is 5.35. The van der Waals surface area contributed by atoms with Gasteiger partial charge in [-0.2, -0.15) is 0 Å². The first-order valence-corrected chi connectivity index (χ1v) is 14.9. The van der Waals surface area contributed by atoms with Gasteiger partial charge < -0.3 is 20.3 Å². The second-order valence-corrected chi connectivity index (χ2v) is 11.5. The van der Waals surface area contributed by atoms with Crippen molar-refractivity contribution in [2.24, 2.45) is 0 Å². The van der Waals surface area contributed by atoms with Gasteiger partial charge in [-0.25, -0.2) is 15.0 Å². The quantitative estimate of drug-likeness (QED) is 0.216. The molecular formula is C33H29N7O2S. The number of rotatable bonds is 7. The molecule has 214 valence electrons. The van der Waals surface area contributed by atoms with Gasteiger partial charge in [-0.15, -0.1) is 11.3 Å². The van der Waals surface area contributed by atoms with Crippen LogP contribution in [-0.4, -0.2) is 51.6 Å². The second kappa shape index (κ2) is 11.7. The summed E-state index contributed by atoms with van der Waals surface area (Å²) < 4.78 is 7.55. The van der Waals surface area contributed by atoms with Gasteiger partial charge in [0.05, 0.1) is 24.6 Å². The average Bonchev–Trinajstić information content (AvgIpc) is 3.58. The third-order valence-electron chi connectivity index (χ3n) is 7.27. The van der Waals surface area contributed by atoms with Crippen LogP contribution in [0.2, 0.25) is 0 Å². The SMILES string of the molecule is Cc1cn2c(-c3ccnc(Nc4ccc(N5CCOCC5)cc4)n3)c(-c3cccc(NC(=O)c4ccccc4)c3)nc2s1. The minimum atomic E-state index is -0.163. The standard InChI is InChI=1S/C33H29N7O2S/c1-22-21-40-30(28-14-15-34-32(37-28)36-25-10-12-27(13-11-25)39-16-18-42-19-17-39)29(38-33(40)43-22)24-8-5-9-26(20-24)35-31(41)23-6-3-2-4-7-23/h2-15,20-21H,16-19H2,1H3,(H,35,41)(H,34,36,37). The Morgan fingerprint density at radius 2 is 1.72 bits per heavy atom. The molecule has 1 saturated heterocycles. The van der Waals surface area contributed by atoms with Crippen molar-refractivity contribution in [3.63, 3.8) is 0 Å². The Morgan fingerprint density at radius 1 is 0.907 bits per heavy atom. The molecule has 1 amide bonds. The molecule has 10 heteroatoms. The van der Waals surface area contributed by atoms with Crippen LogP contribution in [-0.2, 0) is 4.74 Å². The summed E-state index contributed by atoms with van der Waals surface area (Å²) in [6, 6.07) is 27.1. The number of carbonyl (C=O) groups is 1. The first-order chi connectivity index (χ1) is 21.1. The molecule has 9 nitrogen and oxygen atoms in total. The molecule has 0 atom stereocenters. The van der Waals surface area contributed by atoms with Gasteiger partial charge in [0.25, 0.3) is 5.91 Å². The van der Waals surface area contributed by atoms with E-state index in [2.05, 4.69) is 50.2 Å². The third kappa shape index (κ3) is 5.70. The maximum Gasteiger partial charge on any atom is 0.255 e. The zero-order valence-corrected chi connectivity index (χ0v) is 24.3. The Morgan fingerprint density at radius 3 is 2.53 bits per heavy atom. The Labute approximate surface area is 252 Å². The van der Waals surface area contributed by atoms with Crippen LogP contribution in [0.5, 0.6) is 0 Å². The van der Waals surface area contributed by atoms with E-state index < -0.39 is 0 Å². The van der Waals surface area contributed by atoms with Crippen LogP contribution in [0.3, 0.4) is 0 Å². The van der Waals surface area contributed by atoms with E-state index in [1.54, 1.807) is 29.7 Å². The van der Waals surface area contributed by atoms with E-state index in [-0.39, 0.29) is 5.91 Å². The van der Waals surface area contributed by atoms with E-state index >= 15 is 0 Å². The molecule has 0 unspecified atom stereocenters. The smallest absolute Gasteiger partial charge is 0.255 e. The Bertz CT molecular complexity index is 1890. The fourth-order valence-corrected chi connectivity index (χ4v) is 6.02. The summed E-state index contributed by atoms with van der Waals surface area (Å²) in [5.74, 6) is 0.331. The van der Waals surface area contributed by atoms with Crippen LogP contribution < -0.4 is 15.5 Å². The lowest BCUT2D eigenvalue weighted by Gasteiger charge is -2.28. The predicted octanol–water partition coefficient (Wildman–Crippen LogP) is 6.66. The Balaban J connectivity index is 1.19. The molecule has 3 aromatic carbocycles. The summed E-state index contributed by atoms with van der Waals surface area (Å²) in [5, 5.41) is 6.36.